The van der Waals surface area contributed by atoms with Crippen molar-refractivity contribution in [2.45, 2.75) is 11.8 Å². The van der Waals surface area contributed by atoms with Gasteiger partial charge in [-0.25, -0.2) is 8.99 Å². The van der Waals surface area contributed by atoms with Crippen LogP contribution in [0.5, 0.6) is 11.5 Å². The molecule has 0 saturated heterocycles. The Morgan fingerprint density at radius 1 is 0.933 bits per heavy atom. The molecule has 0 bridgehead atoms. The zero-order valence-electron chi connectivity index (χ0n) is 16.9. The summed E-state index contributed by atoms with van der Waals surface area (Å²) in [6.07, 6.45) is 0. The van der Waals surface area contributed by atoms with Crippen molar-refractivity contribution in [3.8, 4) is 11.5 Å². The van der Waals surface area contributed by atoms with Gasteiger partial charge in [-0.15, -0.1) is 0 Å². The molecular weight excluding hydrogens is 402 g/mol. The molecule has 0 spiro atoms. The number of nitrogens with one attached hydrogen (secondary N) is 3. The van der Waals surface area contributed by atoms with Gasteiger partial charge in [0.1, 0.15) is 11.5 Å². The molecule has 30 heavy (non-hydrogen) atoms. The van der Waals surface area contributed by atoms with E-state index in [1.54, 1.807) is 67.8 Å². The van der Waals surface area contributed by atoms with Crippen LogP contribution >= 0.6 is 0 Å². The Morgan fingerprint density at radius 2 is 1.60 bits per heavy atom. The van der Waals surface area contributed by atoms with Gasteiger partial charge >= 0.3 is 0 Å². The molecule has 3 aromatic rings. The molecule has 0 saturated carbocycles. The smallest absolute Gasteiger partial charge is 0.255 e. The first-order valence-corrected chi connectivity index (χ1v) is 10.6. The molecule has 8 heteroatoms. The van der Waals surface area contributed by atoms with Crippen molar-refractivity contribution in [1.82, 2.24) is 0 Å². The average Bonchev–Trinajstić information content (AvgIpc) is 2.75. The molecule has 0 heterocycles. The van der Waals surface area contributed by atoms with Crippen molar-refractivity contribution in [3.05, 3.63) is 77.9 Å². The van der Waals surface area contributed by atoms with E-state index in [-0.39, 0.29) is 5.91 Å². The molecule has 0 aliphatic heterocycles. The van der Waals surface area contributed by atoms with Gasteiger partial charge in [-0.2, -0.15) is 0 Å². The summed E-state index contributed by atoms with van der Waals surface area (Å²) in [7, 11) is -0.183. The largest absolute Gasteiger partial charge is 0.497 e. The van der Waals surface area contributed by atoms with Crippen LogP contribution in [-0.2, 0) is 9.92 Å². The molecule has 0 radical (unpaired) electrons. The lowest BCUT2D eigenvalue weighted by Crippen LogP contribution is -2.15. The minimum Gasteiger partial charge on any atom is -0.497 e. The molecule has 3 rings (SSSR count). The Balaban J connectivity index is 1.77. The normalized spacial score (nSPS) is 12.5. The number of carbonyl (C=O) groups is 1. The first kappa shape index (κ1) is 21.2. The highest BCUT2D eigenvalue weighted by atomic mass is 32.2. The van der Waals surface area contributed by atoms with Gasteiger partial charge in [0.05, 0.1) is 19.1 Å². The Morgan fingerprint density at radius 3 is 2.23 bits per heavy atom. The highest BCUT2D eigenvalue weighted by Crippen LogP contribution is 2.23. The van der Waals surface area contributed by atoms with Crippen molar-refractivity contribution < 1.29 is 18.5 Å². The number of ether oxygens (including phenoxy) is 2. The van der Waals surface area contributed by atoms with E-state index in [0.29, 0.717) is 33.3 Å². The lowest BCUT2D eigenvalue weighted by atomic mass is 10.1. The highest BCUT2D eigenvalue weighted by molar-refractivity contribution is 7.93. The van der Waals surface area contributed by atoms with Gasteiger partial charge in [-0.1, -0.05) is 6.07 Å². The van der Waals surface area contributed by atoms with Crippen molar-refractivity contribution >= 4 is 27.2 Å². The predicted octanol–water partition coefficient (Wildman–Crippen LogP) is 4.70. The molecule has 0 fully saturated rings. The molecule has 156 valence electrons. The molecule has 0 aliphatic carbocycles. The Labute approximate surface area is 176 Å². The van der Waals surface area contributed by atoms with Crippen LogP contribution in [0.3, 0.4) is 0 Å². The number of benzene rings is 3. The summed E-state index contributed by atoms with van der Waals surface area (Å²) >= 11 is 0. The zero-order chi connectivity index (χ0) is 21.7. The molecule has 0 aliphatic rings. The quantitative estimate of drug-likeness (QED) is 0.511. The third-order valence-corrected chi connectivity index (χ3v) is 5.92. The Bertz CT molecular complexity index is 1160. The summed E-state index contributed by atoms with van der Waals surface area (Å²) in [5.41, 5.74) is 2.32. The lowest BCUT2D eigenvalue weighted by Gasteiger charge is -2.13. The first-order valence-electron chi connectivity index (χ1n) is 9.09. The highest BCUT2D eigenvalue weighted by Gasteiger charge is 2.13. The SMILES string of the molecule is COc1ccc(S(=N)(=O)Nc2cccc(C(=O)Nc3ccc(OC)cc3C)c2)cc1. The number of aryl methyl sites for hydroxylation is 1. The summed E-state index contributed by atoms with van der Waals surface area (Å²) < 4.78 is 34.0. The van der Waals surface area contributed by atoms with Crippen LogP contribution in [0, 0.1) is 11.7 Å². The minimum absolute atomic E-state index is 0.312. The summed E-state index contributed by atoms with van der Waals surface area (Å²) in [6, 6.07) is 18.4. The van der Waals surface area contributed by atoms with E-state index in [0.717, 1.165) is 5.56 Å². The lowest BCUT2D eigenvalue weighted by molar-refractivity contribution is 0.102. The third-order valence-electron chi connectivity index (χ3n) is 4.46. The van der Waals surface area contributed by atoms with Crippen molar-refractivity contribution in [3.63, 3.8) is 0 Å². The second-order valence-corrected chi connectivity index (χ2v) is 8.34. The summed E-state index contributed by atoms with van der Waals surface area (Å²) in [5.74, 6) is 1.01. The van der Waals surface area contributed by atoms with Gasteiger partial charge in [-0.05, 0) is 73.2 Å². The van der Waals surface area contributed by atoms with Gasteiger partial charge in [0, 0.05) is 16.9 Å². The maximum atomic E-state index is 12.8. The second-order valence-electron chi connectivity index (χ2n) is 6.55. The van der Waals surface area contributed by atoms with E-state index in [9.17, 15) is 9.00 Å². The number of rotatable bonds is 7. The van der Waals surface area contributed by atoms with Crippen LogP contribution in [0.15, 0.2) is 71.6 Å². The van der Waals surface area contributed by atoms with E-state index in [1.807, 2.05) is 13.0 Å². The molecule has 7 nitrogen and oxygen atoms in total. The fourth-order valence-electron chi connectivity index (χ4n) is 2.81. The Kier molecular flexibility index (Phi) is 6.27. The minimum atomic E-state index is -3.31. The van der Waals surface area contributed by atoms with Gasteiger partial charge in [0.15, 0.2) is 9.92 Å². The van der Waals surface area contributed by atoms with E-state index in [2.05, 4.69) is 10.0 Å². The summed E-state index contributed by atoms with van der Waals surface area (Å²) in [4.78, 5) is 13.0. The van der Waals surface area contributed by atoms with Gasteiger partial charge in [-0.3, -0.25) is 9.52 Å². The Hall–Kier alpha value is -3.52. The van der Waals surface area contributed by atoms with Crippen molar-refractivity contribution in [1.29, 1.82) is 4.78 Å². The summed E-state index contributed by atoms with van der Waals surface area (Å²) in [5, 5.41) is 2.86. The molecule has 1 amide bonds. The van der Waals surface area contributed by atoms with Gasteiger partial charge in [0.2, 0.25) is 0 Å². The molecule has 3 aromatic carbocycles. The predicted molar refractivity (Wildman–Crippen MR) is 118 cm³/mol. The van der Waals surface area contributed by atoms with Crippen LogP contribution in [0.25, 0.3) is 0 Å². The first-order chi connectivity index (χ1) is 14.3. The summed E-state index contributed by atoms with van der Waals surface area (Å²) in [6.45, 7) is 1.88. The van der Waals surface area contributed by atoms with Gasteiger partial charge < -0.3 is 14.8 Å². The van der Waals surface area contributed by atoms with Crippen LogP contribution in [0.1, 0.15) is 15.9 Å². The van der Waals surface area contributed by atoms with Crippen molar-refractivity contribution in [2.75, 3.05) is 24.3 Å². The maximum Gasteiger partial charge on any atom is 0.255 e. The van der Waals surface area contributed by atoms with Crippen LogP contribution < -0.4 is 19.5 Å². The number of carbonyl (C=O) groups excluding carboxylic acids is 1. The third kappa shape index (κ3) is 4.90. The topological polar surface area (TPSA) is 101 Å². The zero-order valence-corrected chi connectivity index (χ0v) is 17.7. The molecule has 1 atom stereocenters. The van der Waals surface area contributed by atoms with Crippen molar-refractivity contribution in [2.24, 2.45) is 0 Å². The monoisotopic (exact) mass is 425 g/mol. The second kappa shape index (κ2) is 8.87. The standard InChI is InChI=1S/C22H23N3O4S/c1-15-13-19(29-3)9-12-21(15)24-22(26)16-5-4-6-17(14-16)25-30(23,27)20-10-7-18(28-2)8-11-20/h4-14H,1-3H3,(H,24,26)(H2,23,25,27). The molecule has 1 unspecified atom stereocenters. The number of methoxy groups -OCH3 is 2. The van der Waals surface area contributed by atoms with E-state index < -0.39 is 9.92 Å². The van der Waals surface area contributed by atoms with E-state index >= 15 is 0 Å². The fraction of sp³-hybridized carbons (Fsp3) is 0.136. The molecule has 3 N–H and O–H groups in total. The van der Waals surface area contributed by atoms with E-state index in [1.165, 1.54) is 7.11 Å². The fourth-order valence-corrected chi connectivity index (χ4v) is 3.91. The number of hydrogen-bond donors (Lipinski definition) is 3. The van der Waals surface area contributed by atoms with Crippen LogP contribution in [0.2, 0.25) is 0 Å². The molecular formula is C22H23N3O4S. The van der Waals surface area contributed by atoms with E-state index in [4.69, 9.17) is 14.3 Å². The average molecular weight is 426 g/mol. The van der Waals surface area contributed by atoms with Gasteiger partial charge in [0.25, 0.3) is 5.91 Å². The maximum absolute atomic E-state index is 12.8. The number of anilines is 2. The number of hydrogen-bond acceptors (Lipinski definition) is 5. The number of amides is 1. The van der Waals surface area contributed by atoms with Crippen LogP contribution in [0.4, 0.5) is 11.4 Å². The molecule has 0 aromatic heterocycles. The van der Waals surface area contributed by atoms with Crippen LogP contribution in [-0.4, -0.2) is 24.3 Å².